The average Bonchev–Trinajstić information content (AvgIpc) is 2.98. The fraction of sp³-hybridized carbons (Fsp3) is 0.222. The SMILES string of the molecule is CC1(C)CC=CC=C1c1ccccc1.c1cc[nH]c1. The first-order valence-electron chi connectivity index (χ1n) is 6.71. The minimum absolute atomic E-state index is 0.274. The molecule has 0 radical (unpaired) electrons. The summed E-state index contributed by atoms with van der Waals surface area (Å²) in [7, 11) is 0. The lowest BCUT2D eigenvalue weighted by atomic mass is 9.75. The molecule has 1 heteroatoms. The van der Waals surface area contributed by atoms with E-state index >= 15 is 0 Å². The fourth-order valence-electron chi connectivity index (χ4n) is 2.24. The predicted molar refractivity (Wildman–Crippen MR) is 82.7 cm³/mol. The molecule has 0 aliphatic heterocycles. The van der Waals surface area contributed by atoms with Gasteiger partial charge in [0.1, 0.15) is 0 Å². The maximum atomic E-state index is 2.86. The van der Waals surface area contributed by atoms with Crippen LogP contribution in [0.15, 0.2) is 73.1 Å². The molecule has 0 unspecified atom stereocenters. The Labute approximate surface area is 115 Å². The highest BCUT2D eigenvalue weighted by atomic mass is 14.6. The van der Waals surface area contributed by atoms with E-state index in [1.807, 2.05) is 24.5 Å². The first-order valence-corrected chi connectivity index (χ1v) is 6.71. The Morgan fingerprint density at radius 1 is 0.947 bits per heavy atom. The third kappa shape index (κ3) is 3.72. The number of allylic oxidation sites excluding steroid dienone is 4. The van der Waals surface area contributed by atoms with Gasteiger partial charge in [-0.3, -0.25) is 0 Å². The van der Waals surface area contributed by atoms with Crippen LogP contribution in [0, 0.1) is 5.41 Å². The van der Waals surface area contributed by atoms with Gasteiger partial charge in [-0.2, -0.15) is 0 Å². The predicted octanol–water partition coefficient (Wildman–Crippen LogP) is 5.07. The van der Waals surface area contributed by atoms with Crippen molar-refractivity contribution in [3.8, 4) is 0 Å². The van der Waals surface area contributed by atoms with Crippen LogP contribution in [0.2, 0.25) is 0 Å². The van der Waals surface area contributed by atoms with Crippen LogP contribution in [0.3, 0.4) is 0 Å². The zero-order valence-electron chi connectivity index (χ0n) is 11.6. The highest BCUT2D eigenvalue weighted by Gasteiger charge is 2.24. The molecule has 0 spiro atoms. The second-order valence-corrected chi connectivity index (χ2v) is 5.35. The molecule has 0 amide bonds. The van der Waals surface area contributed by atoms with E-state index in [-0.39, 0.29) is 5.41 Å². The first kappa shape index (κ1) is 13.4. The molecule has 1 N–H and O–H groups in total. The smallest absolute Gasteiger partial charge is 0.000496 e. The van der Waals surface area contributed by atoms with E-state index < -0.39 is 0 Å². The van der Waals surface area contributed by atoms with Crippen molar-refractivity contribution >= 4 is 5.57 Å². The van der Waals surface area contributed by atoms with Gasteiger partial charge < -0.3 is 4.98 Å². The summed E-state index contributed by atoms with van der Waals surface area (Å²) < 4.78 is 0. The van der Waals surface area contributed by atoms with Gasteiger partial charge in [-0.15, -0.1) is 0 Å². The molecule has 0 saturated heterocycles. The number of benzene rings is 1. The van der Waals surface area contributed by atoms with Crippen molar-refractivity contribution in [1.29, 1.82) is 0 Å². The van der Waals surface area contributed by atoms with Gasteiger partial charge in [-0.05, 0) is 35.1 Å². The van der Waals surface area contributed by atoms with Crippen LogP contribution in [0.5, 0.6) is 0 Å². The Kier molecular flexibility index (Phi) is 4.40. The summed E-state index contributed by atoms with van der Waals surface area (Å²) in [6.07, 6.45) is 11.5. The van der Waals surface area contributed by atoms with Gasteiger partial charge in [0.05, 0.1) is 0 Å². The zero-order chi connectivity index (χ0) is 13.6. The monoisotopic (exact) mass is 251 g/mol. The third-order valence-corrected chi connectivity index (χ3v) is 3.34. The summed E-state index contributed by atoms with van der Waals surface area (Å²) in [6.45, 7) is 4.60. The molecular weight excluding hydrogens is 230 g/mol. The molecule has 1 aliphatic carbocycles. The summed E-state index contributed by atoms with van der Waals surface area (Å²) in [5.74, 6) is 0. The molecule has 1 aromatic heterocycles. The standard InChI is InChI=1S/C14H16.C4H5N/c1-14(2)11-7-6-10-13(14)12-8-4-3-5-9-12;1-2-4-5-3-1/h3-10H,11H2,1-2H3;1-5H. The molecule has 3 rings (SSSR count). The van der Waals surface area contributed by atoms with Gasteiger partial charge in [0.25, 0.3) is 0 Å². The van der Waals surface area contributed by atoms with Crippen LogP contribution >= 0.6 is 0 Å². The van der Waals surface area contributed by atoms with Crippen LogP contribution < -0.4 is 0 Å². The van der Waals surface area contributed by atoms with Gasteiger partial charge in [0.15, 0.2) is 0 Å². The van der Waals surface area contributed by atoms with Crippen LogP contribution in [0.4, 0.5) is 0 Å². The summed E-state index contributed by atoms with van der Waals surface area (Å²) >= 11 is 0. The molecule has 0 saturated carbocycles. The molecule has 2 aromatic rings. The van der Waals surface area contributed by atoms with Crippen molar-refractivity contribution in [3.63, 3.8) is 0 Å². The minimum atomic E-state index is 0.274. The quantitative estimate of drug-likeness (QED) is 0.728. The molecule has 1 nitrogen and oxygen atoms in total. The van der Waals surface area contributed by atoms with E-state index in [2.05, 4.69) is 67.4 Å². The van der Waals surface area contributed by atoms with E-state index in [1.54, 1.807) is 0 Å². The Bertz CT molecular complexity index is 513. The molecule has 1 heterocycles. The molecule has 98 valence electrons. The zero-order valence-corrected chi connectivity index (χ0v) is 11.6. The van der Waals surface area contributed by atoms with Crippen molar-refractivity contribution < 1.29 is 0 Å². The largest absolute Gasteiger partial charge is 0.368 e. The normalized spacial score (nSPS) is 16.2. The number of rotatable bonds is 1. The Balaban J connectivity index is 0.000000224. The first-order chi connectivity index (χ1) is 9.20. The van der Waals surface area contributed by atoms with E-state index in [9.17, 15) is 0 Å². The fourth-order valence-corrected chi connectivity index (χ4v) is 2.24. The maximum Gasteiger partial charge on any atom is 0.000496 e. The molecule has 0 atom stereocenters. The van der Waals surface area contributed by atoms with E-state index in [0.717, 1.165) is 6.42 Å². The highest BCUT2D eigenvalue weighted by molar-refractivity contribution is 5.72. The van der Waals surface area contributed by atoms with Crippen LogP contribution in [0.25, 0.3) is 5.57 Å². The average molecular weight is 251 g/mol. The van der Waals surface area contributed by atoms with E-state index in [1.165, 1.54) is 11.1 Å². The van der Waals surface area contributed by atoms with Crippen molar-refractivity contribution in [3.05, 3.63) is 78.6 Å². The van der Waals surface area contributed by atoms with Crippen LogP contribution in [0.1, 0.15) is 25.8 Å². The third-order valence-electron chi connectivity index (χ3n) is 3.34. The Morgan fingerprint density at radius 2 is 1.63 bits per heavy atom. The number of aromatic nitrogens is 1. The van der Waals surface area contributed by atoms with Crippen molar-refractivity contribution in [2.24, 2.45) is 5.41 Å². The minimum Gasteiger partial charge on any atom is -0.368 e. The Morgan fingerprint density at radius 3 is 2.16 bits per heavy atom. The Hall–Kier alpha value is -2.02. The van der Waals surface area contributed by atoms with E-state index in [0.29, 0.717) is 0 Å². The highest BCUT2D eigenvalue weighted by Crippen LogP contribution is 2.39. The number of aromatic amines is 1. The molecular formula is C18H21N. The van der Waals surface area contributed by atoms with Crippen molar-refractivity contribution in [2.45, 2.75) is 20.3 Å². The van der Waals surface area contributed by atoms with E-state index in [4.69, 9.17) is 0 Å². The molecule has 19 heavy (non-hydrogen) atoms. The number of H-pyrrole nitrogens is 1. The maximum absolute atomic E-state index is 2.86. The lowest BCUT2D eigenvalue weighted by molar-refractivity contribution is 0.506. The molecule has 1 aliphatic rings. The summed E-state index contributed by atoms with van der Waals surface area (Å²) in [5, 5.41) is 0. The topological polar surface area (TPSA) is 15.8 Å². The van der Waals surface area contributed by atoms with Crippen molar-refractivity contribution in [2.75, 3.05) is 0 Å². The van der Waals surface area contributed by atoms with Gasteiger partial charge in [0, 0.05) is 12.4 Å². The van der Waals surface area contributed by atoms with Gasteiger partial charge >= 0.3 is 0 Å². The molecule has 0 bridgehead atoms. The van der Waals surface area contributed by atoms with Crippen molar-refractivity contribution in [1.82, 2.24) is 4.98 Å². The van der Waals surface area contributed by atoms with Gasteiger partial charge in [0.2, 0.25) is 0 Å². The second kappa shape index (κ2) is 6.24. The number of hydrogen-bond donors (Lipinski definition) is 1. The second-order valence-electron chi connectivity index (χ2n) is 5.35. The lowest BCUT2D eigenvalue weighted by Crippen LogP contribution is -2.14. The van der Waals surface area contributed by atoms with Gasteiger partial charge in [-0.1, -0.05) is 62.4 Å². The summed E-state index contributed by atoms with van der Waals surface area (Å²) in [4.78, 5) is 2.86. The lowest BCUT2D eigenvalue weighted by Gasteiger charge is -2.29. The molecule has 0 fully saturated rings. The molecule has 1 aromatic carbocycles. The van der Waals surface area contributed by atoms with Crippen LogP contribution in [-0.4, -0.2) is 4.98 Å². The number of nitrogens with one attached hydrogen (secondary N) is 1. The van der Waals surface area contributed by atoms with Crippen LogP contribution in [-0.2, 0) is 0 Å². The number of hydrogen-bond acceptors (Lipinski definition) is 0. The summed E-state index contributed by atoms with van der Waals surface area (Å²) in [5.41, 5.74) is 3.07. The van der Waals surface area contributed by atoms with Gasteiger partial charge in [-0.25, -0.2) is 0 Å². The summed E-state index contributed by atoms with van der Waals surface area (Å²) in [6, 6.07) is 14.5.